The van der Waals surface area contributed by atoms with Crippen molar-refractivity contribution >= 4 is 11.7 Å². The lowest BCUT2D eigenvalue weighted by molar-refractivity contribution is -0.140. The average molecular weight is 261 g/mol. The van der Waals surface area contributed by atoms with Crippen molar-refractivity contribution in [1.29, 1.82) is 0 Å². The molecule has 1 unspecified atom stereocenters. The van der Waals surface area contributed by atoms with Crippen LogP contribution in [0.15, 0.2) is 24.3 Å². The van der Waals surface area contributed by atoms with Crippen LogP contribution >= 0.6 is 0 Å². The second-order valence-electron chi connectivity index (χ2n) is 4.25. The highest BCUT2D eigenvalue weighted by Gasteiger charge is 2.16. The predicted octanol–water partition coefficient (Wildman–Crippen LogP) is 2.25. The van der Waals surface area contributed by atoms with E-state index in [1.54, 1.807) is 6.92 Å². The van der Waals surface area contributed by atoms with Gasteiger partial charge in [0.25, 0.3) is 0 Å². The zero-order valence-electron chi connectivity index (χ0n) is 11.3. The van der Waals surface area contributed by atoms with Gasteiger partial charge in [-0.25, -0.2) is 0 Å². The van der Waals surface area contributed by atoms with Crippen LogP contribution in [-0.4, -0.2) is 30.8 Å². The van der Waals surface area contributed by atoms with E-state index in [-0.39, 0.29) is 0 Å². The van der Waals surface area contributed by atoms with Crippen LogP contribution in [-0.2, 0) is 4.79 Å². The number of ether oxygens (including phenoxy) is 1. The van der Waals surface area contributed by atoms with Gasteiger partial charge in [0, 0.05) is 12.2 Å². The first kappa shape index (κ1) is 14.9. The molecule has 0 bridgehead atoms. The zero-order chi connectivity index (χ0) is 14.3. The van der Waals surface area contributed by atoms with E-state index in [2.05, 4.69) is 5.92 Å². The lowest BCUT2D eigenvalue weighted by Gasteiger charge is -2.24. The number of carboxylic acids is 1. The molecule has 1 aromatic carbocycles. The summed E-state index contributed by atoms with van der Waals surface area (Å²) >= 11 is 0. The fraction of sp³-hybridized carbons (Fsp3) is 0.400. The summed E-state index contributed by atoms with van der Waals surface area (Å²) in [6, 6.07) is 7.48. The Morgan fingerprint density at radius 2 is 2.11 bits per heavy atom. The molecular weight excluding hydrogens is 242 g/mol. The minimum Gasteiger partial charge on any atom is -0.494 e. The normalized spacial score (nSPS) is 11.4. The number of terminal acetylenes is 1. The van der Waals surface area contributed by atoms with Gasteiger partial charge in [0.1, 0.15) is 5.75 Å². The van der Waals surface area contributed by atoms with Gasteiger partial charge in [0.2, 0.25) is 0 Å². The van der Waals surface area contributed by atoms with Gasteiger partial charge in [-0.15, -0.1) is 6.42 Å². The Kier molecular flexibility index (Phi) is 5.74. The lowest BCUT2D eigenvalue weighted by atomic mass is 10.1. The first-order valence-electron chi connectivity index (χ1n) is 6.22. The van der Waals surface area contributed by atoms with Gasteiger partial charge in [-0.3, -0.25) is 4.79 Å². The van der Waals surface area contributed by atoms with E-state index in [9.17, 15) is 4.79 Å². The number of rotatable bonds is 7. The molecule has 102 valence electrons. The Morgan fingerprint density at radius 3 is 2.58 bits per heavy atom. The molecule has 1 atom stereocenters. The number of hydrogen-bond acceptors (Lipinski definition) is 3. The van der Waals surface area contributed by atoms with Crippen LogP contribution in [0.3, 0.4) is 0 Å². The Labute approximate surface area is 114 Å². The molecule has 0 spiro atoms. The monoisotopic (exact) mass is 261 g/mol. The number of aliphatic carboxylic acids is 1. The highest BCUT2D eigenvalue weighted by molar-refractivity contribution is 5.70. The maximum Gasteiger partial charge on any atom is 0.308 e. The number of hydrogen-bond donors (Lipinski definition) is 1. The smallest absolute Gasteiger partial charge is 0.308 e. The predicted molar refractivity (Wildman–Crippen MR) is 75.5 cm³/mol. The molecule has 0 fully saturated rings. The van der Waals surface area contributed by atoms with E-state index >= 15 is 0 Å². The number of carboxylic acid groups (broad SMARTS) is 1. The fourth-order valence-electron chi connectivity index (χ4n) is 1.70. The van der Waals surface area contributed by atoms with Gasteiger partial charge in [0.05, 0.1) is 19.1 Å². The quantitative estimate of drug-likeness (QED) is 0.765. The molecular formula is C15H19NO3. The Morgan fingerprint density at radius 1 is 1.47 bits per heavy atom. The molecule has 0 heterocycles. The standard InChI is InChI=1S/C15H19NO3/c1-4-10-16(11-12(3)15(17)18)13-6-8-14(9-7-13)19-5-2/h1,6-9,12H,5,10-11H2,2-3H3,(H,17,18). The minimum atomic E-state index is -0.826. The van der Waals surface area contributed by atoms with Crippen molar-refractivity contribution in [3.05, 3.63) is 24.3 Å². The van der Waals surface area contributed by atoms with Crippen LogP contribution in [0.5, 0.6) is 5.75 Å². The van der Waals surface area contributed by atoms with E-state index < -0.39 is 11.9 Å². The summed E-state index contributed by atoms with van der Waals surface area (Å²) in [6.07, 6.45) is 5.33. The van der Waals surface area contributed by atoms with Gasteiger partial charge in [-0.1, -0.05) is 12.8 Å². The van der Waals surface area contributed by atoms with Crippen molar-refractivity contribution in [2.45, 2.75) is 13.8 Å². The summed E-state index contributed by atoms with van der Waals surface area (Å²) in [4.78, 5) is 12.8. The van der Waals surface area contributed by atoms with Gasteiger partial charge in [-0.05, 0) is 31.2 Å². The maximum absolute atomic E-state index is 10.9. The molecule has 0 amide bonds. The van der Waals surface area contributed by atoms with Gasteiger partial charge >= 0.3 is 5.97 Å². The lowest BCUT2D eigenvalue weighted by Crippen LogP contribution is -2.32. The molecule has 0 radical (unpaired) electrons. The molecule has 0 aliphatic carbocycles. The van der Waals surface area contributed by atoms with Gasteiger partial charge in [0.15, 0.2) is 0 Å². The van der Waals surface area contributed by atoms with Crippen LogP contribution in [0.25, 0.3) is 0 Å². The zero-order valence-corrected chi connectivity index (χ0v) is 11.3. The Bertz CT molecular complexity index is 447. The number of benzene rings is 1. The first-order valence-corrected chi connectivity index (χ1v) is 6.22. The molecule has 0 saturated heterocycles. The highest BCUT2D eigenvalue weighted by atomic mass is 16.5. The van der Waals surface area contributed by atoms with Crippen molar-refractivity contribution in [2.24, 2.45) is 5.92 Å². The van der Waals surface area contributed by atoms with E-state index in [1.807, 2.05) is 36.1 Å². The first-order chi connectivity index (χ1) is 9.08. The second kappa shape index (κ2) is 7.32. The molecule has 1 aromatic rings. The summed E-state index contributed by atoms with van der Waals surface area (Å²) in [7, 11) is 0. The summed E-state index contributed by atoms with van der Waals surface area (Å²) in [6.45, 7) is 4.97. The third-order valence-electron chi connectivity index (χ3n) is 2.71. The minimum absolute atomic E-state index is 0.381. The number of carbonyl (C=O) groups is 1. The molecule has 4 heteroatoms. The van der Waals surface area contributed by atoms with E-state index in [0.29, 0.717) is 19.7 Å². The molecule has 1 N–H and O–H groups in total. The van der Waals surface area contributed by atoms with Crippen molar-refractivity contribution in [3.63, 3.8) is 0 Å². The summed E-state index contributed by atoms with van der Waals surface area (Å²) in [5.74, 6) is 2.04. The van der Waals surface area contributed by atoms with Crippen LogP contribution in [0.2, 0.25) is 0 Å². The molecule has 0 aromatic heterocycles. The van der Waals surface area contributed by atoms with Gasteiger partial charge < -0.3 is 14.7 Å². The third kappa shape index (κ3) is 4.55. The molecule has 0 aliphatic heterocycles. The number of anilines is 1. The fourth-order valence-corrected chi connectivity index (χ4v) is 1.70. The second-order valence-corrected chi connectivity index (χ2v) is 4.25. The molecule has 4 nitrogen and oxygen atoms in total. The van der Waals surface area contributed by atoms with Crippen LogP contribution in [0.1, 0.15) is 13.8 Å². The SMILES string of the molecule is C#CCN(CC(C)C(=O)O)c1ccc(OCC)cc1. The molecule has 0 aliphatic rings. The van der Waals surface area contributed by atoms with Crippen molar-refractivity contribution in [1.82, 2.24) is 0 Å². The summed E-state index contributed by atoms with van der Waals surface area (Å²) < 4.78 is 5.37. The van der Waals surface area contributed by atoms with Crippen molar-refractivity contribution < 1.29 is 14.6 Å². The molecule has 0 saturated carbocycles. The van der Waals surface area contributed by atoms with Crippen LogP contribution in [0.4, 0.5) is 5.69 Å². The maximum atomic E-state index is 10.9. The largest absolute Gasteiger partial charge is 0.494 e. The number of nitrogens with zero attached hydrogens (tertiary/aromatic N) is 1. The van der Waals surface area contributed by atoms with E-state index in [4.69, 9.17) is 16.3 Å². The van der Waals surface area contributed by atoms with Gasteiger partial charge in [-0.2, -0.15) is 0 Å². The summed E-state index contributed by atoms with van der Waals surface area (Å²) in [5, 5.41) is 8.96. The highest BCUT2D eigenvalue weighted by Crippen LogP contribution is 2.20. The summed E-state index contributed by atoms with van der Waals surface area (Å²) in [5.41, 5.74) is 0.898. The molecule has 1 rings (SSSR count). The van der Waals surface area contributed by atoms with E-state index in [0.717, 1.165) is 11.4 Å². The van der Waals surface area contributed by atoms with Crippen molar-refractivity contribution in [3.8, 4) is 18.1 Å². The van der Waals surface area contributed by atoms with Crippen molar-refractivity contribution in [2.75, 3.05) is 24.6 Å². The topological polar surface area (TPSA) is 49.8 Å². The molecule has 19 heavy (non-hydrogen) atoms. The third-order valence-corrected chi connectivity index (χ3v) is 2.71. The average Bonchev–Trinajstić information content (AvgIpc) is 2.39. The van der Waals surface area contributed by atoms with Crippen LogP contribution in [0, 0.1) is 18.3 Å². The van der Waals surface area contributed by atoms with E-state index in [1.165, 1.54) is 0 Å². The van der Waals surface area contributed by atoms with Crippen LogP contribution < -0.4 is 9.64 Å². The Balaban J connectivity index is 2.81. The Hall–Kier alpha value is -2.15.